The fraction of sp³-hybridized carbons (Fsp3) is 0.316. The van der Waals surface area contributed by atoms with E-state index in [1.165, 1.54) is 17.7 Å². The standard InChI is InChI=1S/C19H22N2O3S2/c22-19(20-11-12-25-14-15-5-2-1-3-6-15)16-7-4-8-18(13-16)26(23,24)21-17-9-10-17/h1-8,13,17,21H,9-12,14H2,(H,20,22). The summed E-state index contributed by atoms with van der Waals surface area (Å²) in [5.74, 6) is 1.44. The molecule has 1 aliphatic rings. The lowest BCUT2D eigenvalue weighted by atomic mass is 10.2. The SMILES string of the molecule is O=C(NCCSCc1ccccc1)c1cccc(S(=O)(=O)NC2CC2)c1. The summed E-state index contributed by atoms with van der Waals surface area (Å²) < 4.78 is 27.1. The van der Waals surface area contributed by atoms with Crippen molar-refractivity contribution in [2.45, 2.75) is 29.5 Å². The van der Waals surface area contributed by atoms with E-state index >= 15 is 0 Å². The van der Waals surface area contributed by atoms with Crippen LogP contribution in [0.3, 0.4) is 0 Å². The second-order valence-corrected chi connectivity index (χ2v) is 9.04. The van der Waals surface area contributed by atoms with E-state index in [1.807, 2.05) is 18.2 Å². The molecule has 2 aromatic rings. The predicted octanol–water partition coefficient (Wildman–Crippen LogP) is 2.79. The molecule has 0 spiro atoms. The molecule has 3 rings (SSSR count). The lowest BCUT2D eigenvalue weighted by Crippen LogP contribution is -2.28. The third kappa shape index (κ3) is 5.59. The van der Waals surface area contributed by atoms with Crippen LogP contribution in [-0.4, -0.2) is 32.7 Å². The van der Waals surface area contributed by atoms with E-state index in [0.717, 1.165) is 24.3 Å². The summed E-state index contributed by atoms with van der Waals surface area (Å²) in [6, 6.07) is 16.4. The molecule has 138 valence electrons. The minimum atomic E-state index is -3.55. The van der Waals surface area contributed by atoms with Gasteiger partial charge in [-0.1, -0.05) is 36.4 Å². The van der Waals surface area contributed by atoms with Gasteiger partial charge in [-0.15, -0.1) is 0 Å². The van der Waals surface area contributed by atoms with Crippen molar-refractivity contribution in [2.75, 3.05) is 12.3 Å². The molecular weight excluding hydrogens is 368 g/mol. The van der Waals surface area contributed by atoms with Gasteiger partial charge in [0.05, 0.1) is 4.90 Å². The molecule has 0 radical (unpaired) electrons. The van der Waals surface area contributed by atoms with Gasteiger partial charge in [0.25, 0.3) is 5.91 Å². The van der Waals surface area contributed by atoms with Gasteiger partial charge >= 0.3 is 0 Å². The van der Waals surface area contributed by atoms with Crippen molar-refractivity contribution >= 4 is 27.7 Å². The summed E-state index contributed by atoms with van der Waals surface area (Å²) in [5.41, 5.74) is 1.61. The van der Waals surface area contributed by atoms with E-state index in [4.69, 9.17) is 0 Å². The summed E-state index contributed by atoms with van der Waals surface area (Å²) in [6.07, 6.45) is 1.75. The topological polar surface area (TPSA) is 75.3 Å². The minimum Gasteiger partial charge on any atom is -0.351 e. The Bertz CT molecular complexity index is 850. The van der Waals surface area contributed by atoms with Gasteiger partial charge in [0.1, 0.15) is 0 Å². The van der Waals surface area contributed by atoms with Crippen LogP contribution < -0.4 is 10.0 Å². The Kier molecular flexibility index (Phi) is 6.34. The number of nitrogens with one attached hydrogen (secondary N) is 2. The third-order valence-corrected chi connectivity index (χ3v) is 6.50. The van der Waals surface area contributed by atoms with E-state index in [2.05, 4.69) is 22.2 Å². The van der Waals surface area contributed by atoms with Gasteiger partial charge in [-0.3, -0.25) is 4.79 Å². The maximum Gasteiger partial charge on any atom is 0.251 e. The molecule has 0 aliphatic heterocycles. The molecule has 1 aliphatic carbocycles. The summed E-state index contributed by atoms with van der Waals surface area (Å²) >= 11 is 1.74. The summed E-state index contributed by atoms with van der Waals surface area (Å²) in [6.45, 7) is 0.535. The molecule has 0 heterocycles. The van der Waals surface area contributed by atoms with Crippen molar-refractivity contribution < 1.29 is 13.2 Å². The highest BCUT2D eigenvalue weighted by Crippen LogP contribution is 2.22. The first-order chi connectivity index (χ1) is 12.5. The van der Waals surface area contributed by atoms with Crippen LogP contribution in [0.5, 0.6) is 0 Å². The van der Waals surface area contributed by atoms with Crippen LogP contribution in [0.25, 0.3) is 0 Å². The Morgan fingerprint density at radius 2 is 1.85 bits per heavy atom. The Morgan fingerprint density at radius 3 is 2.58 bits per heavy atom. The Balaban J connectivity index is 1.47. The van der Waals surface area contributed by atoms with Crippen molar-refractivity contribution in [3.63, 3.8) is 0 Å². The first kappa shape index (κ1) is 18.9. The molecule has 1 fully saturated rings. The van der Waals surface area contributed by atoms with Gasteiger partial charge in [-0.05, 0) is 36.6 Å². The molecule has 0 aromatic heterocycles. The van der Waals surface area contributed by atoms with Gasteiger partial charge < -0.3 is 5.32 Å². The molecule has 0 unspecified atom stereocenters. The molecule has 1 amide bonds. The Morgan fingerprint density at radius 1 is 1.08 bits per heavy atom. The number of amides is 1. The van der Waals surface area contributed by atoms with Gasteiger partial charge in [-0.2, -0.15) is 11.8 Å². The summed E-state index contributed by atoms with van der Waals surface area (Å²) in [4.78, 5) is 12.4. The number of carbonyl (C=O) groups is 1. The van der Waals surface area contributed by atoms with Gasteiger partial charge in [0, 0.05) is 29.7 Å². The van der Waals surface area contributed by atoms with Crippen molar-refractivity contribution in [3.05, 3.63) is 65.7 Å². The molecule has 0 bridgehead atoms. The molecule has 2 N–H and O–H groups in total. The minimum absolute atomic E-state index is 0.0409. The number of rotatable bonds is 9. The zero-order chi connectivity index (χ0) is 18.4. The number of sulfonamides is 1. The largest absolute Gasteiger partial charge is 0.351 e. The van der Waals surface area contributed by atoms with Crippen LogP contribution in [0.15, 0.2) is 59.5 Å². The average Bonchev–Trinajstić information content (AvgIpc) is 3.45. The van der Waals surface area contributed by atoms with Crippen LogP contribution in [0.4, 0.5) is 0 Å². The normalized spacial score (nSPS) is 14.2. The molecule has 5 nitrogen and oxygen atoms in total. The number of benzene rings is 2. The lowest BCUT2D eigenvalue weighted by Gasteiger charge is -2.08. The molecular formula is C19H22N2O3S2. The van der Waals surface area contributed by atoms with E-state index in [1.54, 1.807) is 23.9 Å². The van der Waals surface area contributed by atoms with Crippen LogP contribution in [-0.2, 0) is 15.8 Å². The Labute approximate surface area is 158 Å². The highest BCUT2D eigenvalue weighted by molar-refractivity contribution is 7.98. The number of thioether (sulfide) groups is 1. The van der Waals surface area contributed by atoms with Gasteiger partial charge in [-0.25, -0.2) is 13.1 Å². The second kappa shape index (κ2) is 8.70. The number of carbonyl (C=O) groups excluding carboxylic acids is 1. The zero-order valence-corrected chi connectivity index (χ0v) is 16.0. The highest BCUT2D eigenvalue weighted by Gasteiger charge is 2.28. The molecule has 2 aromatic carbocycles. The Hall–Kier alpha value is -1.83. The molecule has 0 atom stereocenters. The molecule has 1 saturated carbocycles. The summed E-state index contributed by atoms with van der Waals surface area (Å²) in [5, 5.41) is 2.84. The first-order valence-corrected chi connectivity index (χ1v) is 11.2. The average molecular weight is 391 g/mol. The summed E-state index contributed by atoms with van der Waals surface area (Å²) in [7, 11) is -3.55. The van der Waals surface area contributed by atoms with Crippen LogP contribution in [0.1, 0.15) is 28.8 Å². The first-order valence-electron chi connectivity index (χ1n) is 8.57. The molecule has 7 heteroatoms. The second-order valence-electron chi connectivity index (χ2n) is 6.22. The van der Waals surface area contributed by atoms with Crippen molar-refractivity contribution in [1.82, 2.24) is 10.0 Å². The van der Waals surface area contributed by atoms with E-state index in [-0.39, 0.29) is 16.8 Å². The third-order valence-electron chi connectivity index (χ3n) is 3.95. The highest BCUT2D eigenvalue weighted by atomic mass is 32.2. The lowest BCUT2D eigenvalue weighted by molar-refractivity contribution is 0.0956. The molecule has 0 saturated heterocycles. The van der Waals surface area contributed by atoms with Gasteiger partial charge in [0.15, 0.2) is 0 Å². The van der Waals surface area contributed by atoms with E-state index in [0.29, 0.717) is 12.1 Å². The fourth-order valence-electron chi connectivity index (χ4n) is 2.40. The van der Waals surface area contributed by atoms with Crippen LogP contribution in [0, 0.1) is 0 Å². The van der Waals surface area contributed by atoms with Gasteiger partial charge in [0.2, 0.25) is 10.0 Å². The number of hydrogen-bond donors (Lipinski definition) is 2. The maximum absolute atomic E-state index is 12.3. The van der Waals surface area contributed by atoms with E-state index < -0.39 is 10.0 Å². The number of hydrogen-bond acceptors (Lipinski definition) is 4. The predicted molar refractivity (Wildman–Crippen MR) is 105 cm³/mol. The molecule has 26 heavy (non-hydrogen) atoms. The van der Waals surface area contributed by atoms with Crippen LogP contribution in [0.2, 0.25) is 0 Å². The van der Waals surface area contributed by atoms with E-state index in [9.17, 15) is 13.2 Å². The van der Waals surface area contributed by atoms with Crippen molar-refractivity contribution in [2.24, 2.45) is 0 Å². The van der Waals surface area contributed by atoms with Crippen LogP contribution >= 0.6 is 11.8 Å². The van der Waals surface area contributed by atoms with Crippen molar-refractivity contribution in [1.29, 1.82) is 0 Å². The monoisotopic (exact) mass is 390 g/mol. The van der Waals surface area contributed by atoms with Crippen molar-refractivity contribution in [3.8, 4) is 0 Å². The maximum atomic E-state index is 12.3. The zero-order valence-electron chi connectivity index (χ0n) is 14.4. The smallest absolute Gasteiger partial charge is 0.251 e. The quantitative estimate of drug-likeness (QED) is 0.646. The fourth-order valence-corrected chi connectivity index (χ4v) is 4.57.